The highest BCUT2D eigenvalue weighted by Gasteiger charge is 2.54. The summed E-state index contributed by atoms with van der Waals surface area (Å²) in [6.07, 6.45) is -0.891. The molecule has 3 rings (SSSR count). The number of rotatable bonds is 2. The van der Waals surface area contributed by atoms with Crippen LogP contribution in [0, 0.1) is 0 Å². The lowest BCUT2D eigenvalue weighted by Gasteiger charge is -2.26. The van der Waals surface area contributed by atoms with Gasteiger partial charge in [-0.05, 0) is 13.0 Å². The molecule has 1 fully saturated rings. The molecule has 108 valence electrons. The SMILES string of the molecule is C[C@@]1(O)C(F)[C@@H](CO)O[C@H]1n1ccc2c(N)ncnc21. The van der Waals surface area contributed by atoms with Crippen LogP contribution in [0.1, 0.15) is 13.2 Å². The monoisotopic (exact) mass is 282 g/mol. The number of anilines is 1. The maximum absolute atomic E-state index is 14.1. The van der Waals surface area contributed by atoms with Gasteiger partial charge in [0.05, 0.1) is 12.0 Å². The summed E-state index contributed by atoms with van der Waals surface area (Å²) in [4.78, 5) is 7.95. The third-order valence-corrected chi connectivity index (χ3v) is 3.66. The van der Waals surface area contributed by atoms with Gasteiger partial charge in [0.1, 0.15) is 29.5 Å². The third-order valence-electron chi connectivity index (χ3n) is 3.66. The van der Waals surface area contributed by atoms with Crippen molar-refractivity contribution < 1.29 is 19.3 Å². The second-order valence-corrected chi connectivity index (χ2v) is 5.06. The third kappa shape index (κ3) is 1.69. The number of nitrogen functional groups attached to an aromatic ring is 1. The maximum atomic E-state index is 14.1. The molecule has 7 nitrogen and oxygen atoms in total. The van der Waals surface area contributed by atoms with Crippen molar-refractivity contribution in [1.29, 1.82) is 0 Å². The zero-order chi connectivity index (χ0) is 14.5. The smallest absolute Gasteiger partial charge is 0.167 e. The molecule has 0 aromatic carbocycles. The van der Waals surface area contributed by atoms with Gasteiger partial charge in [-0.2, -0.15) is 0 Å². The average Bonchev–Trinajstić information content (AvgIpc) is 2.92. The summed E-state index contributed by atoms with van der Waals surface area (Å²) < 4.78 is 21.0. The van der Waals surface area contributed by atoms with Gasteiger partial charge in [-0.3, -0.25) is 0 Å². The molecular formula is C12H15FN4O3. The second-order valence-electron chi connectivity index (χ2n) is 5.06. The molecule has 1 saturated heterocycles. The summed E-state index contributed by atoms with van der Waals surface area (Å²) in [5.41, 5.74) is 4.39. The van der Waals surface area contributed by atoms with Crippen molar-refractivity contribution in [2.24, 2.45) is 0 Å². The lowest BCUT2D eigenvalue weighted by molar-refractivity contribution is -0.0889. The molecule has 2 aromatic heterocycles. The van der Waals surface area contributed by atoms with Gasteiger partial charge in [-0.15, -0.1) is 0 Å². The van der Waals surface area contributed by atoms with E-state index in [0.29, 0.717) is 16.9 Å². The Morgan fingerprint density at radius 1 is 1.55 bits per heavy atom. The van der Waals surface area contributed by atoms with Crippen LogP contribution in [0.3, 0.4) is 0 Å². The minimum absolute atomic E-state index is 0.293. The molecule has 4 N–H and O–H groups in total. The summed E-state index contributed by atoms with van der Waals surface area (Å²) in [5.74, 6) is 0.293. The molecule has 1 unspecified atom stereocenters. The van der Waals surface area contributed by atoms with E-state index in [1.165, 1.54) is 17.8 Å². The molecule has 20 heavy (non-hydrogen) atoms. The van der Waals surface area contributed by atoms with E-state index in [2.05, 4.69) is 9.97 Å². The second kappa shape index (κ2) is 4.37. The molecule has 0 spiro atoms. The number of nitrogens with zero attached hydrogens (tertiary/aromatic N) is 3. The summed E-state index contributed by atoms with van der Waals surface area (Å²) >= 11 is 0. The van der Waals surface area contributed by atoms with E-state index in [-0.39, 0.29) is 0 Å². The van der Waals surface area contributed by atoms with Crippen molar-refractivity contribution in [3.63, 3.8) is 0 Å². The Bertz CT molecular complexity index is 645. The Labute approximate surface area is 113 Å². The fourth-order valence-corrected chi connectivity index (χ4v) is 2.55. The molecule has 0 radical (unpaired) electrons. The van der Waals surface area contributed by atoms with Gasteiger partial charge in [0, 0.05) is 6.20 Å². The summed E-state index contributed by atoms with van der Waals surface area (Å²) in [5, 5.41) is 20.0. The van der Waals surface area contributed by atoms with Crippen LogP contribution in [0.25, 0.3) is 11.0 Å². The zero-order valence-corrected chi connectivity index (χ0v) is 10.8. The van der Waals surface area contributed by atoms with Crippen LogP contribution in [0.5, 0.6) is 0 Å². The summed E-state index contributed by atoms with van der Waals surface area (Å²) in [7, 11) is 0. The van der Waals surface area contributed by atoms with E-state index in [1.807, 2.05) is 0 Å². The van der Waals surface area contributed by atoms with Crippen molar-refractivity contribution in [2.75, 3.05) is 12.3 Å². The van der Waals surface area contributed by atoms with Crippen LogP contribution in [-0.2, 0) is 4.74 Å². The first-order valence-corrected chi connectivity index (χ1v) is 6.16. The number of aromatic nitrogens is 3. The Hall–Kier alpha value is -1.77. The van der Waals surface area contributed by atoms with Gasteiger partial charge in [0.2, 0.25) is 0 Å². The van der Waals surface area contributed by atoms with E-state index < -0.39 is 30.7 Å². The lowest BCUT2D eigenvalue weighted by atomic mass is 9.98. The van der Waals surface area contributed by atoms with Gasteiger partial charge in [0.25, 0.3) is 0 Å². The van der Waals surface area contributed by atoms with Crippen LogP contribution >= 0.6 is 0 Å². The highest BCUT2D eigenvalue weighted by Crippen LogP contribution is 2.41. The zero-order valence-electron chi connectivity index (χ0n) is 10.8. The van der Waals surface area contributed by atoms with Crippen molar-refractivity contribution in [3.8, 4) is 0 Å². The first-order valence-electron chi connectivity index (χ1n) is 6.16. The van der Waals surface area contributed by atoms with Gasteiger partial charge in [-0.25, -0.2) is 14.4 Å². The Morgan fingerprint density at radius 3 is 2.95 bits per heavy atom. The first-order chi connectivity index (χ1) is 9.46. The molecule has 0 saturated carbocycles. The standard InChI is InChI=1S/C12H15FN4O3/c1-12(19)8(13)7(4-18)20-11(12)17-3-2-6-9(14)15-5-16-10(6)17/h2-3,5,7-8,11,18-19H,4H2,1H3,(H2,14,15,16)/t7-,8?,11-,12-/m1/s1. The molecule has 2 aromatic rings. The summed E-state index contributed by atoms with van der Waals surface area (Å²) in [6.45, 7) is 0.818. The largest absolute Gasteiger partial charge is 0.394 e. The van der Waals surface area contributed by atoms with E-state index in [4.69, 9.17) is 15.6 Å². The minimum atomic E-state index is -1.78. The molecule has 0 aliphatic carbocycles. The lowest BCUT2D eigenvalue weighted by Crippen LogP contribution is -2.41. The van der Waals surface area contributed by atoms with Crippen molar-refractivity contribution in [2.45, 2.75) is 31.0 Å². The molecule has 3 heterocycles. The summed E-state index contributed by atoms with van der Waals surface area (Å²) in [6, 6.07) is 1.67. The fraction of sp³-hybridized carbons (Fsp3) is 0.500. The predicted octanol–water partition coefficient (Wildman–Crippen LogP) is -0.00770. The predicted molar refractivity (Wildman–Crippen MR) is 68.5 cm³/mol. The fourth-order valence-electron chi connectivity index (χ4n) is 2.55. The quantitative estimate of drug-likeness (QED) is 0.715. The topological polar surface area (TPSA) is 106 Å². The van der Waals surface area contributed by atoms with E-state index in [1.54, 1.807) is 12.3 Å². The number of halogens is 1. The number of aliphatic hydroxyl groups is 2. The van der Waals surface area contributed by atoms with Crippen LogP contribution in [0.2, 0.25) is 0 Å². The van der Waals surface area contributed by atoms with Crippen LogP contribution in [-0.4, -0.2) is 49.2 Å². The van der Waals surface area contributed by atoms with Gasteiger partial charge in [-0.1, -0.05) is 0 Å². The molecule has 8 heteroatoms. The van der Waals surface area contributed by atoms with Gasteiger partial charge in [0.15, 0.2) is 12.4 Å². The van der Waals surface area contributed by atoms with E-state index in [0.717, 1.165) is 0 Å². The van der Waals surface area contributed by atoms with Crippen molar-refractivity contribution >= 4 is 16.9 Å². The number of hydrogen-bond donors (Lipinski definition) is 3. The Morgan fingerprint density at radius 2 is 2.30 bits per heavy atom. The van der Waals surface area contributed by atoms with Crippen molar-refractivity contribution in [1.82, 2.24) is 14.5 Å². The number of nitrogens with two attached hydrogens (primary N) is 1. The minimum Gasteiger partial charge on any atom is -0.394 e. The highest BCUT2D eigenvalue weighted by atomic mass is 19.1. The molecule has 0 amide bonds. The Balaban J connectivity index is 2.10. The molecule has 1 aliphatic rings. The highest BCUT2D eigenvalue weighted by molar-refractivity contribution is 5.86. The maximum Gasteiger partial charge on any atom is 0.167 e. The van der Waals surface area contributed by atoms with Crippen molar-refractivity contribution in [3.05, 3.63) is 18.6 Å². The Kier molecular flexibility index (Phi) is 2.89. The normalized spacial score (nSPS) is 33.9. The number of fused-ring (bicyclic) bond motifs is 1. The van der Waals surface area contributed by atoms with Crippen LogP contribution in [0.4, 0.5) is 10.2 Å². The van der Waals surface area contributed by atoms with E-state index >= 15 is 0 Å². The van der Waals surface area contributed by atoms with Crippen LogP contribution in [0.15, 0.2) is 18.6 Å². The molecule has 1 aliphatic heterocycles. The van der Waals surface area contributed by atoms with E-state index in [9.17, 15) is 9.50 Å². The van der Waals surface area contributed by atoms with Crippen LogP contribution < -0.4 is 5.73 Å². The van der Waals surface area contributed by atoms with Gasteiger partial charge >= 0.3 is 0 Å². The number of ether oxygens (including phenoxy) is 1. The first kappa shape index (κ1) is 13.2. The average molecular weight is 282 g/mol. The number of aliphatic hydroxyl groups excluding tert-OH is 1. The molecule has 4 atom stereocenters. The van der Waals surface area contributed by atoms with Gasteiger partial charge < -0.3 is 25.3 Å². The number of alkyl halides is 1. The number of hydrogen-bond acceptors (Lipinski definition) is 6. The molecular weight excluding hydrogens is 267 g/mol. The molecule has 0 bridgehead atoms.